The zero-order valence-electron chi connectivity index (χ0n) is 7.95. The molecule has 0 radical (unpaired) electrons. The first-order valence-electron chi connectivity index (χ1n) is 4.60. The van der Waals surface area contributed by atoms with E-state index in [0.29, 0.717) is 0 Å². The van der Waals surface area contributed by atoms with Gasteiger partial charge in [-0.1, -0.05) is 0 Å². The van der Waals surface area contributed by atoms with Gasteiger partial charge < -0.3 is 0 Å². The Morgan fingerprint density at radius 3 is 3.08 bits per heavy atom. The molecule has 4 heteroatoms. The van der Waals surface area contributed by atoms with Crippen LogP contribution in [0.25, 0.3) is 0 Å². The summed E-state index contributed by atoms with van der Waals surface area (Å²) in [5, 5.41) is 4.24. The fraction of sp³-hybridized carbons (Fsp3) is 0.667. The van der Waals surface area contributed by atoms with Gasteiger partial charge in [0.2, 0.25) is 0 Å². The van der Waals surface area contributed by atoms with E-state index in [0.717, 1.165) is 31.0 Å². The van der Waals surface area contributed by atoms with Gasteiger partial charge in [0.05, 0.1) is 5.92 Å². The molecule has 2 rings (SSSR count). The van der Waals surface area contributed by atoms with E-state index in [1.54, 1.807) is 6.92 Å². The van der Waals surface area contributed by atoms with Gasteiger partial charge in [-0.3, -0.25) is 4.79 Å². The lowest BCUT2D eigenvalue weighted by Crippen LogP contribution is -2.21. The van der Waals surface area contributed by atoms with Crippen molar-refractivity contribution in [2.24, 2.45) is 0 Å². The molecule has 13 heavy (non-hydrogen) atoms. The van der Waals surface area contributed by atoms with Gasteiger partial charge in [-0.25, -0.2) is 9.67 Å². The van der Waals surface area contributed by atoms with E-state index >= 15 is 0 Å². The van der Waals surface area contributed by atoms with Crippen molar-refractivity contribution in [1.82, 2.24) is 14.8 Å². The number of hydrogen-bond donors (Lipinski definition) is 0. The third-order valence-corrected chi connectivity index (χ3v) is 2.47. The third kappa shape index (κ3) is 1.36. The van der Waals surface area contributed by atoms with Gasteiger partial charge in [0.15, 0.2) is 0 Å². The van der Waals surface area contributed by atoms with Crippen molar-refractivity contribution in [2.75, 3.05) is 0 Å². The predicted octanol–water partition coefficient (Wildman–Crippen LogP) is 1.05. The van der Waals surface area contributed by atoms with Crippen LogP contribution in [-0.2, 0) is 11.3 Å². The Morgan fingerprint density at radius 1 is 1.62 bits per heavy atom. The molecule has 0 N–H and O–H groups in total. The highest BCUT2D eigenvalue weighted by Gasteiger charge is 2.26. The molecule has 1 aromatic heterocycles. The molecule has 1 aliphatic heterocycles. The van der Waals surface area contributed by atoms with E-state index in [2.05, 4.69) is 10.1 Å². The molecular weight excluding hydrogens is 166 g/mol. The molecular formula is C9H13N3O. The topological polar surface area (TPSA) is 47.8 Å². The number of fused-ring (bicyclic) bond motifs is 1. The van der Waals surface area contributed by atoms with Crippen molar-refractivity contribution in [2.45, 2.75) is 39.2 Å². The van der Waals surface area contributed by atoms with Crippen molar-refractivity contribution in [3.05, 3.63) is 11.6 Å². The molecule has 1 aliphatic rings. The van der Waals surface area contributed by atoms with Gasteiger partial charge >= 0.3 is 0 Å². The highest BCUT2D eigenvalue weighted by atomic mass is 16.1. The zero-order chi connectivity index (χ0) is 9.42. The van der Waals surface area contributed by atoms with E-state index in [4.69, 9.17) is 0 Å². The second-order valence-electron chi connectivity index (χ2n) is 3.55. The van der Waals surface area contributed by atoms with Crippen LogP contribution < -0.4 is 0 Å². The van der Waals surface area contributed by atoms with E-state index in [1.165, 1.54) is 0 Å². The van der Waals surface area contributed by atoms with Crippen molar-refractivity contribution >= 4 is 5.78 Å². The van der Waals surface area contributed by atoms with E-state index in [-0.39, 0.29) is 11.7 Å². The summed E-state index contributed by atoms with van der Waals surface area (Å²) in [4.78, 5) is 15.6. The lowest BCUT2D eigenvalue weighted by molar-refractivity contribution is -0.119. The molecule has 0 saturated carbocycles. The summed E-state index contributed by atoms with van der Waals surface area (Å²) < 4.78 is 1.87. The smallest absolute Gasteiger partial charge is 0.147 e. The van der Waals surface area contributed by atoms with Gasteiger partial charge in [0, 0.05) is 6.54 Å². The van der Waals surface area contributed by atoms with Crippen LogP contribution in [0, 0.1) is 6.92 Å². The Kier molecular flexibility index (Phi) is 1.90. The molecule has 2 heterocycles. The zero-order valence-corrected chi connectivity index (χ0v) is 7.95. The van der Waals surface area contributed by atoms with Gasteiger partial charge in [0.25, 0.3) is 0 Å². The molecule has 4 nitrogen and oxygen atoms in total. The van der Waals surface area contributed by atoms with Crippen molar-refractivity contribution in [3.8, 4) is 0 Å². The molecule has 1 atom stereocenters. The van der Waals surface area contributed by atoms with Crippen LogP contribution in [-0.4, -0.2) is 20.5 Å². The van der Waals surface area contributed by atoms with Gasteiger partial charge in [0.1, 0.15) is 17.4 Å². The summed E-state index contributed by atoms with van der Waals surface area (Å²) >= 11 is 0. The first kappa shape index (κ1) is 8.41. The van der Waals surface area contributed by atoms with Crippen LogP contribution in [0.15, 0.2) is 0 Å². The Balaban J connectivity index is 2.41. The van der Waals surface area contributed by atoms with Crippen molar-refractivity contribution < 1.29 is 4.79 Å². The summed E-state index contributed by atoms with van der Waals surface area (Å²) in [5.74, 6) is 1.81. The molecule has 0 fully saturated rings. The Morgan fingerprint density at radius 2 is 2.38 bits per heavy atom. The second kappa shape index (κ2) is 2.94. The van der Waals surface area contributed by atoms with Gasteiger partial charge in [-0.05, 0) is 26.7 Å². The number of rotatable bonds is 1. The molecule has 1 unspecified atom stereocenters. The average Bonchev–Trinajstić information content (AvgIpc) is 2.43. The normalized spacial score (nSPS) is 21.2. The monoisotopic (exact) mass is 179 g/mol. The third-order valence-electron chi connectivity index (χ3n) is 2.47. The van der Waals surface area contributed by atoms with Gasteiger partial charge in [-0.2, -0.15) is 5.10 Å². The fourth-order valence-corrected chi connectivity index (χ4v) is 1.85. The summed E-state index contributed by atoms with van der Waals surface area (Å²) in [6.45, 7) is 4.40. The van der Waals surface area contributed by atoms with Crippen LogP contribution in [0.4, 0.5) is 0 Å². The number of carbonyl (C=O) groups is 1. The summed E-state index contributed by atoms with van der Waals surface area (Å²) in [7, 11) is 0. The fourth-order valence-electron chi connectivity index (χ4n) is 1.85. The van der Waals surface area contributed by atoms with E-state index in [9.17, 15) is 4.79 Å². The summed E-state index contributed by atoms with van der Waals surface area (Å²) in [6.07, 6.45) is 1.95. The van der Waals surface area contributed by atoms with Crippen molar-refractivity contribution in [3.63, 3.8) is 0 Å². The lowest BCUT2D eigenvalue weighted by atomic mass is 9.96. The molecule has 0 spiro atoms. The molecule has 0 saturated heterocycles. The second-order valence-corrected chi connectivity index (χ2v) is 3.55. The summed E-state index contributed by atoms with van der Waals surface area (Å²) in [5.41, 5.74) is 0. The minimum atomic E-state index is -0.0186. The number of aryl methyl sites for hydroxylation is 2. The summed E-state index contributed by atoms with van der Waals surface area (Å²) in [6, 6.07) is 0. The Labute approximate surface area is 77.0 Å². The first-order chi connectivity index (χ1) is 6.18. The number of hydrogen-bond acceptors (Lipinski definition) is 3. The maximum absolute atomic E-state index is 11.3. The molecule has 0 aromatic carbocycles. The van der Waals surface area contributed by atoms with Crippen LogP contribution in [0.2, 0.25) is 0 Å². The highest BCUT2D eigenvalue weighted by Crippen LogP contribution is 2.25. The van der Waals surface area contributed by atoms with Crippen LogP contribution >= 0.6 is 0 Å². The molecule has 1 aromatic rings. The van der Waals surface area contributed by atoms with Crippen molar-refractivity contribution in [1.29, 1.82) is 0 Å². The first-order valence-corrected chi connectivity index (χ1v) is 4.60. The molecule has 0 bridgehead atoms. The van der Waals surface area contributed by atoms with Crippen LogP contribution in [0.3, 0.4) is 0 Å². The van der Waals surface area contributed by atoms with Gasteiger partial charge in [-0.15, -0.1) is 0 Å². The standard InChI is InChI=1S/C9H13N3O/c1-6(13)8-4-3-5-12-9(8)10-7(2)11-12/h8H,3-5H2,1-2H3. The predicted molar refractivity (Wildman–Crippen MR) is 47.4 cm³/mol. The highest BCUT2D eigenvalue weighted by molar-refractivity contribution is 5.82. The number of aromatic nitrogens is 3. The van der Waals surface area contributed by atoms with E-state index in [1.807, 2.05) is 11.6 Å². The maximum Gasteiger partial charge on any atom is 0.147 e. The average molecular weight is 179 g/mol. The minimum Gasteiger partial charge on any atom is -0.299 e. The Hall–Kier alpha value is -1.19. The number of ketones is 1. The molecule has 70 valence electrons. The number of Topliss-reactive ketones (excluding diaryl/α,β-unsaturated/α-hetero) is 1. The Bertz CT molecular complexity index is 343. The molecule has 0 amide bonds. The number of carbonyl (C=O) groups excluding carboxylic acids is 1. The minimum absolute atomic E-state index is 0.0186. The quantitative estimate of drug-likeness (QED) is 0.647. The van der Waals surface area contributed by atoms with Crippen LogP contribution in [0.1, 0.15) is 37.3 Å². The SMILES string of the molecule is CC(=O)C1CCCn2nc(C)nc21. The maximum atomic E-state index is 11.3. The number of nitrogens with zero attached hydrogens (tertiary/aromatic N) is 3. The lowest BCUT2D eigenvalue weighted by Gasteiger charge is -2.19. The van der Waals surface area contributed by atoms with E-state index < -0.39 is 0 Å². The van der Waals surface area contributed by atoms with Crippen LogP contribution in [0.5, 0.6) is 0 Å². The molecule has 0 aliphatic carbocycles. The largest absolute Gasteiger partial charge is 0.299 e.